The molecular formula is C15H16N4. The molecule has 2 heterocycles. The molecule has 0 saturated carbocycles. The molecule has 1 fully saturated rings. The molecule has 19 heavy (non-hydrogen) atoms. The summed E-state index contributed by atoms with van der Waals surface area (Å²) in [5.41, 5.74) is 3.08. The molecule has 3 rings (SSSR count). The van der Waals surface area contributed by atoms with Crippen molar-refractivity contribution in [3.63, 3.8) is 0 Å². The normalized spacial score (nSPS) is 18.4. The highest BCUT2D eigenvalue weighted by molar-refractivity contribution is 5.33. The summed E-state index contributed by atoms with van der Waals surface area (Å²) in [5.74, 6) is 0. The fraction of sp³-hybridized carbons (Fsp3) is 0.333. The maximum atomic E-state index is 8.94. The van der Waals surface area contributed by atoms with Gasteiger partial charge in [0, 0.05) is 18.8 Å². The van der Waals surface area contributed by atoms with Crippen molar-refractivity contribution in [3.8, 4) is 6.07 Å². The highest BCUT2D eigenvalue weighted by Gasteiger charge is 2.19. The SMILES string of the molecule is N#Cc1cccc(Cn2cncc2C2CCCN2)c1. The maximum absolute atomic E-state index is 8.94. The molecule has 1 saturated heterocycles. The number of aromatic nitrogens is 2. The lowest BCUT2D eigenvalue weighted by molar-refractivity contribution is 0.584. The summed E-state index contributed by atoms with van der Waals surface area (Å²) in [6.07, 6.45) is 6.20. The maximum Gasteiger partial charge on any atom is 0.0991 e. The first-order valence-electron chi connectivity index (χ1n) is 6.59. The molecule has 1 atom stereocenters. The Morgan fingerprint density at radius 2 is 2.42 bits per heavy atom. The van der Waals surface area contributed by atoms with Gasteiger partial charge >= 0.3 is 0 Å². The smallest absolute Gasteiger partial charge is 0.0991 e. The van der Waals surface area contributed by atoms with Crippen LogP contribution in [0.4, 0.5) is 0 Å². The van der Waals surface area contributed by atoms with E-state index in [0.717, 1.165) is 18.7 Å². The van der Waals surface area contributed by atoms with E-state index >= 15 is 0 Å². The number of nitrogens with zero attached hydrogens (tertiary/aromatic N) is 3. The van der Waals surface area contributed by atoms with E-state index in [4.69, 9.17) is 5.26 Å². The van der Waals surface area contributed by atoms with Crippen LogP contribution in [-0.4, -0.2) is 16.1 Å². The number of nitriles is 1. The summed E-state index contributed by atoms with van der Waals surface area (Å²) in [5, 5.41) is 12.4. The van der Waals surface area contributed by atoms with Gasteiger partial charge in [-0.1, -0.05) is 12.1 Å². The minimum absolute atomic E-state index is 0.418. The van der Waals surface area contributed by atoms with Gasteiger partial charge in [-0.05, 0) is 37.1 Å². The molecule has 0 radical (unpaired) electrons. The van der Waals surface area contributed by atoms with Crippen molar-refractivity contribution in [2.75, 3.05) is 6.54 Å². The van der Waals surface area contributed by atoms with Gasteiger partial charge in [-0.25, -0.2) is 4.98 Å². The zero-order chi connectivity index (χ0) is 13.1. The van der Waals surface area contributed by atoms with Crippen molar-refractivity contribution in [3.05, 3.63) is 53.6 Å². The number of imidazole rings is 1. The van der Waals surface area contributed by atoms with Gasteiger partial charge in [-0.2, -0.15) is 5.26 Å². The van der Waals surface area contributed by atoms with Crippen LogP contribution in [0.5, 0.6) is 0 Å². The molecule has 1 aliphatic heterocycles. The van der Waals surface area contributed by atoms with Crippen LogP contribution in [0.2, 0.25) is 0 Å². The van der Waals surface area contributed by atoms with E-state index in [-0.39, 0.29) is 0 Å². The molecule has 0 amide bonds. The molecule has 2 aromatic rings. The van der Waals surface area contributed by atoms with Gasteiger partial charge < -0.3 is 9.88 Å². The monoisotopic (exact) mass is 252 g/mol. The molecule has 4 nitrogen and oxygen atoms in total. The Balaban J connectivity index is 1.83. The Kier molecular flexibility index (Phi) is 3.30. The third-order valence-corrected chi connectivity index (χ3v) is 3.57. The number of rotatable bonds is 3. The van der Waals surface area contributed by atoms with Crippen molar-refractivity contribution < 1.29 is 0 Å². The predicted molar refractivity (Wildman–Crippen MR) is 72.5 cm³/mol. The second kappa shape index (κ2) is 5.25. The van der Waals surface area contributed by atoms with Crippen LogP contribution in [0.1, 0.15) is 35.7 Å². The Hall–Kier alpha value is -2.12. The molecule has 1 N–H and O–H groups in total. The molecule has 1 aromatic heterocycles. The van der Waals surface area contributed by atoms with Crippen molar-refractivity contribution in [1.29, 1.82) is 5.26 Å². The Bertz CT molecular complexity index is 603. The second-order valence-corrected chi connectivity index (χ2v) is 4.91. The Morgan fingerprint density at radius 3 is 3.21 bits per heavy atom. The van der Waals surface area contributed by atoms with Gasteiger partial charge in [0.15, 0.2) is 0 Å². The number of hydrogen-bond donors (Lipinski definition) is 1. The van der Waals surface area contributed by atoms with Crippen LogP contribution in [0.3, 0.4) is 0 Å². The first kappa shape index (κ1) is 11.9. The second-order valence-electron chi connectivity index (χ2n) is 4.91. The quantitative estimate of drug-likeness (QED) is 0.911. The largest absolute Gasteiger partial charge is 0.329 e. The topological polar surface area (TPSA) is 53.6 Å². The summed E-state index contributed by atoms with van der Waals surface area (Å²) in [4.78, 5) is 4.26. The lowest BCUT2D eigenvalue weighted by Crippen LogP contribution is -2.17. The third kappa shape index (κ3) is 2.51. The molecule has 1 unspecified atom stereocenters. The zero-order valence-electron chi connectivity index (χ0n) is 10.7. The molecule has 0 spiro atoms. The van der Waals surface area contributed by atoms with Crippen LogP contribution in [0, 0.1) is 11.3 Å². The van der Waals surface area contributed by atoms with Crippen molar-refractivity contribution in [2.45, 2.75) is 25.4 Å². The van der Waals surface area contributed by atoms with E-state index in [1.54, 1.807) is 0 Å². The fourth-order valence-electron chi connectivity index (χ4n) is 2.63. The minimum Gasteiger partial charge on any atom is -0.329 e. The molecule has 4 heteroatoms. The van der Waals surface area contributed by atoms with E-state index in [9.17, 15) is 0 Å². The van der Waals surface area contributed by atoms with E-state index in [1.165, 1.54) is 18.5 Å². The summed E-state index contributed by atoms with van der Waals surface area (Å²) >= 11 is 0. The van der Waals surface area contributed by atoms with Crippen LogP contribution in [0.25, 0.3) is 0 Å². The summed E-state index contributed by atoms with van der Waals surface area (Å²) < 4.78 is 2.17. The highest BCUT2D eigenvalue weighted by Crippen LogP contribution is 2.23. The Labute approximate surface area is 112 Å². The van der Waals surface area contributed by atoms with Crippen LogP contribution >= 0.6 is 0 Å². The molecule has 0 bridgehead atoms. The summed E-state index contributed by atoms with van der Waals surface area (Å²) in [6.45, 7) is 1.85. The molecule has 1 aliphatic rings. The van der Waals surface area contributed by atoms with Crippen LogP contribution in [-0.2, 0) is 6.54 Å². The van der Waals surface area contributed by atoms with Gasteiger partial charge in [0.25, 0.3) is 0 Å². The summed E-state index contributed by atoms with van der Waals surface area (Å²) in [6, 6.07) is 10.3. The minimum atomic E-state index is 0.418. The average Bonchev–Trinajstić information content (AvgIpc) is 3.09. The molecule has 1 aromatic carbocycles. The zero-order valence-corrected chi connectivity index (χ0v) is 10.7. The van der Waals surface area contributed by atoms with Gasteiger partial charge in [-0.3, -0.25) is 0 Å². The van der Waals surface area contributed by atoms with Crippen molar-refractivity contribution >= 4 is 0 Å². The first-order chi connectivity index (χ1) is 9.36. The van der Waals surface area contributed by atoms with Crippen LogP contribution < -0.4 is 5.32 Å². The van der Waals surface area contributed by atoms with Gasteiger partial charge in [0.1, 0.15) is 0 Å². The standard InChI is InChI=1S/C15H16N4/c16-8-12-3-1-4-13(7-12)10-19-11-17-9-15(19)14-5-2-6-18-14/h1,3-4,7,9,11,14,18H,2,5-6,10H2. The van der Waals surface area contributed by atoms with Crippen molar-refractivity contribution in [2.24, 2.45) is 0 Å². The van der Waals surface area contributed by atoms with Crippen molar-refractivity contribution in [1.82, 2.24) is 14.9 Å². The molecule has 0 aliphatic carbocycles. The van der Waals surface area contributed by atoms with E-state index in [1.807, 2.05) is 36.8 Å². The highest BCUT2D eigenvalue weighted by atomic mass is 15.1. The molecule has 96 valence electrons. The van der Waals surface area contributed by atoms with E-state index < -0.39 is 0 Å². The number of nitrogens with one attached hydrogen (secondary N) is 1. The number of benzene rings is 1. The Morgan fingerprint density at radius 1 is 1.47 bits per heavy atom. The first-order valence-corrected chi connectivity index (χ1v) is 6.59. The van der Waals surface area contributed by atoms with E-state index in [2.05, 4.69) is 20.9 Å². The van der Waals surface area contributed by atoms with Gasteiger partial charge in [-0.15, -0.1) is 0 Å². The fourth-order valence-corrected chi connectivity index (χ4v) is 2.63. The lowest BCUT2D eigenvalue weighted by atomic mass is 10.1. The average molecular weight is 252 g/mol. The molecular weight excluding hydrogens is 236 g/mol. The number of hydrogen-bond acceptors (Lipinski definition) is 3. The van der Waals surface area contributed by atoms with E-state index in [0.29, 0.717) is 11.6 Å². The van der Waals surface area contributed by atoms with Crippen LogP contribution in [0.15, 0.2) is 36.8 Å². The van der Waals surface area contributed by atoms with Gasteiger partial charge in [0.2, 0.25) is 0 Å². The van der Waals surface area contributed by atoms with Gasteiger partial charge in [0.05, 0.1) is 23.7 Å². The summed E-state index contributed by atoms with van der Waals surface area (Å²) in [7, 11) is 0. The predicted octanol–water partition coefficient (Wildman–Crippen LogP) is 2.23. The lowest BCUT2D eigenvalue weighted by Gasteiger charge is -2.14. The third-order valence-electron chi connectivity index (χ3n) is 3.57.